The molecular weight excluding hydrogens is 250 g/mol. The van der Waals surface area contributed by atoms with Crippen LogP contribution in [0.5, 0.6) is 0 Å². The lowest BCUT2D eigenvalue weighted by molar-refractivity contribution is 0.0963. The first kappa shape index (κ1) is 13.9. The molecule has 0 aliphatic carbocycles. The van der Waals surface area contributed by atoms with Crippen molar-refractivity contribution >= 4 is 23.0 Å². The van der Waals surface area contributed by atoms with Crippen LogP contribution in [0.3, 0.4) is 0 Å². The summed E-state index contributed by atoms with van der Waals surface area (Å²) in [6.07, 6.45) is 0.975. The van der Waals surface area contributed by atoms with E-state index < -0.39 is 0 Å². The SMILES string of the molecule is CCc1cccc(Nc2cc(C(=O)NC)ccc2N)c1. The molecule has 20 heavy (non-hydrogen) atoms. The topological polar surface area (TPSA) is 67.2 Å². The molecule has 0 atom stereocenters. The van der Waals surface area contributed by atoms with E-state index in [0.29, 0.717) is 11.3 Å². The zero-order chi connectivity index (χ0) is 14.5. The van der Waals surface area contributed by atoms with E-state index in [1.165, 1.54) is 5.56 Å². The van der Waals surface area contributed by atoms with Crippen LogP contribution in [0.2, 0.25) is 0 Å². The van der Waals surface area contributed by atoms with Crippen LogP contribution in [0.4, 0.5) is 17.1 Å². The molecule has 0 bridgehead atoms. The lowest BCUT2D eigenvalue weighted by Gasteiger charge is -2.12. The number of benzene rings is 2. The van der Waals surface area contributed by atoms with E-state index in [1.807, 2.05) is 12.1 Å². The lowest BCUT2D eigenvalue weighted by Crippen LogP contribution is -2.17. The third kappa shape index (κ3) is 3.09. The minimum atomic E-state index is -0.129. The molecule has 1 amide bonds. The number of nitrogens with one attached hydrogen (secondary N) is 2. The van der Waals surface area contributed by atoms with Gasteiger partial charge in [-0.2, -0.15) is 0 Å². The standard InChI is InChI=1S/C16H19N3O/c1-3-11-5-4-6-13(9-11)19-15-10-12(16(20)18-2)7-8-14(15)17/h4-10,19H,3,17H2,1-2H3,(H,18,20). The van der Waals surface area contributed by atoms with Crippen molar-refractivity contribution in [1.82, 2.24) is 5.32 Å². The molecule has 2 aromatic carbocycles. The van der Waals surface area contributed by atoms with E-state index in [-0.39, 0.29) is 5.91 Å². The molecule has 0 unspecified atom stereocenters. The summed E-state index contributed by atoms with van der Waals surface area (Å²) in [5.41, 5.74) is 10.1. The summed E-state index contributed by atoms with van der Waals surface area (Å²) in [4.78, 5) is 11.7. The fraction of sp³-hybridized carbons (Fsp3) is 0.188. The van der Waals surface area contributed by atoms with Crippen LogP contribution in [0.1, 0.15) is 22.8 Å². The summed E-state index contributed by atoms with van der Waals surface area (Å²) in [5.74, 6) is -0.129. The van der Waals surface area contributed by atoms with Gasteiger partial charge in [-0.3, -0.25) is 4.79 Å². The van der Waals surface area contributed by atoms with Crippen LogP contribution < -0.4 is 16.4 Å². The van der Waals surface area contributed by atoms with E-state index in [1.54, 1.807) is 25.2 Å². The third-order valence-corrected chi connectivity index (χ3v) is 3.16. The van der Waals surface area contributed by atoms with Crippen LogP contribution in [-0.2, 0) is 6.42 Å². The van der Waals surface area contributed by atoms with Crippen molar-refractivity contribution in [3.63, 3.8) is 0 Å². The summed E-state index contributed by atoms with van der Waals surface area (Å²) in [5, 5.41) is 5.86. The zero-order valence-electron chi connectivity index (χ0n) is 11.7. The predicted molar refractivity (Wildman–Crippen MR) is 83.3 cm³/mol. The Bertz CT molecular complexity index is 623. The number of hydrogen-bond acceptors (Lipinski definition) is 3. The van der Waals surface area contributed by atoms with Gasteiger partial charge in [0.25, 0.3) is 5.91 Å². The largest absolute Gasteiger partial charge is 0.397 e. The Labute approximate surface area is 119 Å². The van der Waals surface area contributed by atoms with Crippen molar-refractivity contribution in [3.8, 4) is 0 Å². The number of hydrogen-bond donors (Lipinski definition) is 3. The molecule has 4 N–H and O–H groups in total. The van der Waals surface area contributed by atoms with E-state index in [2.05, 4.69) is 29.7 Å². The number of amides is 1. The van der Waals surface area contributed by atoms with E-state index in [4.69, 9.17) is 5.73 Å². The predicted octanol–water partition coefficient (Wildman–Crippen LogP) is 2.93. The van der Waals surface area contributed by atoms with Gasteiger partial charge in [-0.05, 0) is 42.3 Å². The number of nitrogens with two attached hydrogens (primary N) is 1. The van der Waals surface area contributed by atoms with Gasteiger partial charge < -0.3 is 16.4 Å². The highest BCUT2D eigenvalue weighted by Crippen LogP contribution is 2.25. The molecule has 2 aromatic rings. The smallest absolute Gasteiger partial charge is 0.251 e. The van der Waals surface area contributed by atoms with Gasteiger partial charge in [0.1, 0.15) is 0 Å². The Hall–Kier alpha value is -2.49. The highest BCUT2D eigenvalue weighted by Gasteiger charge is 2.07. The molecule has 0 spiro atoms. The number of nitrogen functional groups attached to an aromatic ring is 1. The number of anilines is 3. The maximum Gasteiger partial charge on any atom is 0.251 e. The maximum absolute atomic E-state index is 11.7. The average molecular weight is 269 g/mol. The Kier molecular flexibility index (Phi) is 4.25. The van der Waals surface area contributed by atoms with E-state index >= 15 is 0 Å². The van der Waals surface area contributed by atoms with Crippen LogP contribution in [0, 0.1) is 0 Å². The second-order valence-electron chi connectivity index (χ2n) is 4.56. The second kappa shape index (κ2) is 6.10. The first-order chi connectivity index (χ1) is 9.63. The van der Waals surface area contributed by atoms with Crippen molar-refractivity contribution in [3.05, 3.63) is 53.6 Å². The normalized spacial score (nSPS) is 10.1. The summed E-state index contributed by atoms with van der Waals surface area (Å²) in [6, 6.07) is 13.3. The average Bonchev–Trinajstić information content (AvgIpc) is 2.49. The Morgan fingerprint density at radius 1 is 1.20 bits per heavy atom. The van der Waals surface area contributed by atoms with E-state index in [0.717, 1.165) is 17.8 Å². The van der Waals surface area contributed by atoms with Crippen molar-refractivity contribution in [2.24, 2.45) is 0 Å². The zero-order valence-corrected chi connectivity index (χ0v) is 11.7. The second-order valence-corrected chi connectivity index (χ2v) is 4.56. The molecule has 0 aliphatic heterocycles. The van der Waals surface area contributed by atoms with Crippen LogP contribution in [-0.4, -0.2) is 13.0 Å². The van der Waals surface area contributed by atoms with Gasteiger partial charge in [0.05, 0.1) is 11.4 Å². The van der Waals surface area contributed by atoms with Gasteiger partial charge in [-0.1, -0.05) is 19.1 Å². The molecule has 0 heterocycles. The number of carbonyl (C=O) groups is 1. The Morgan fingerprint density at radius 2 is 2.00 bits per heavy atom. The van der Waals surface area contributed by atoms with Crippen LogP contribution in [0.25, 0.3) is 0 Å². The quantitative estimate of drug-likeness (QED) is 0.748. The first-order valence-corrected chi connectivity index (χ1v) is 6.61. The monoisotopic (exact) mass is 269 g/mol. The summed E-state index contributed by atoms with van der Waals surface area (Å²) < 4.78 is 0. The fourth-order valence-electron chi connectivity index (χ4n) is 1.97. The summed E-state index contributed by atoms with van der Waals surface area (Å²) in [6.45, 7) is 2.11. The highest BCUT2D eigenvalue weighted by molar-refractivity contribution is 5.96. The maximum atomic E-state index is 11.7. The molecule has 0 aromatic heterocycles. The fourth-order valence-corrected chi connectivity index (χ4v) is 1.97. The Morgan fingerprint density at radius 3 is 2.70 bits per heavy atom. The first-order valence-electron chi connectivity index (χ1n) is 6.61. The van der Waals surface area contributed by atoms with Gasteiger partial charge in [0.15, 0.2) is 0 Å². The van der Waals surface area contributed by atoms with Crippen molar-refractivity contribution in [2.75, 3.05) is 18.1 Å². The molecule has 0 aliphatic rings. The van der Waals surface area contributed by atoms with Gasteiger partial charge in [0, 0.05) is 18.3 Å². The third-order valence-electron chi connectivity index (χ3n) is 3.16. The minimum Gasteiger partial charge on any atom is -0.397 e. The molecule has 0 saturated heterocycles. The highest BCUT2D eigenvalue weighted by atomic mass is 16.1. The van der Waals surface area contributed by atoms with Gasteiger partial charge in [-0.15, -0.1) is 0 Å². The van der Waals surface area contributed by atoms with Gasteiger partial charge in [-0.25, -0.2) is 0 Å². The molecule has 0 fully saturated rings. The molecule has 0 saturated carbocycles. The van der Waals surface area contributed by atoms with E-state index in [9.17, 15) is 4.79 Å². The summed E-state index contributed by atoms with van der Waals surface area (Å²) in [7, 11) is 1.61. The molecule has 0 radical (unpaired) electrons. The number of carbonyl (C=O) groups excluding carboxylic acids is 1. The summed E-state index contributed by atoms with van der Waals surface area (Å²) >= 11 is 0. The van der Waals surface area contributed by atoms with Crippen LogP contribution >= 0.6 is 0 Å². The number of rotatable bonds is 4. The molecule has 4 heteroatoms. The van der Waals surface area contributed by atoms with Crippen molar-refractivity contribution < 1.29 is 4.79 Å². The molecule has 104 valence electrons. The van der Waals surface area contributed by atoms with Crippen molar-refractivity contribution in [1.29, 1.82) is 0 Å². The van der Waals surface area contributed by atoms with Crippen LogP contribution in [0.15, 0.2) is 42.5 Å². The Balaban J connectivity index is 2.30. The van der Waals surface area contributed by atoms with Gasteiger partial charge >= 0.3 is 0 Å². The molecule has 4 nitrogen and oxygen atoms in total. The van der Waals surface area contributed by atoms with Crippen molar-refractivity contribution in [2.45, 2.75) is 13.3 Å². The molecular formula is C16H19N3O. The van der Waals surface area contributed by atoms with Gasteiger partial charge in [0.2, 0.25) is 0 Å². The lowest BCUT2D eigenvalue weighted by atomic mass is 10.1. The minimum absolute atomic E-state index is 0.129. The molecule has 2 rings (SSSR count). The number of aryl methyl sites for hydroxylation is 1.